The number of amides is 1. The van der Waals surface area contributed by atoms with Crippen molar-refractivity contribution in [2.24, 2.45) is 11.7 Å². The SMILES string of the molecule is Cc1ccc(C(=O)NCC(C)CN)cc1S(=O)(=O)NCc1ccccc1. The second-order valence-corrected chi connectivity index (χ2v) is 8.08. The third kappa shape index (κ3) is 5.39. The fraction of sp³-hybridized carbons (Fsp3) is 0.316. The van der Waals surface area contributed by atoms with Crippen LogP contribution in [-0.2, 0) is 16.6 Å². The molecule has 1 unspecified atom stereocenters. The highest BCUT2D eigenvalue weighted by atomic mass is 32.2. The second kappa shape index (κ2) is 8.93. The molecule has 1 atom stereocenters. The van der Waals surface area contributed by atoms with Crippen LogP contribution in [0.5, 0.6) is 0 Å². The largest absolute Gasteiger partial charge is 0.352 e. The fourth-order valence-corrected chi connectivity index (χ4v) is 3.62. The first-order valence-corrected chi connectivity index (χ1v) is 9.94. The van der Waals surface area contributed by atoms with Crippen LogP contribution in [0.1, 0.15) is 28.4 Å². The lowest BCUT2D eigenvalue weighted by atomic mass is 10.1. The van der Waals surface area contributed by atoms with Gasteiger partial charge in [0.2, 0.25) is 10.0 Å². The normalized spacial score (nSPS) is 12.6. The summed E-state index contributed by atoms with van der Waals surface area (Å²) in [4.78, 5) is 12.4. The zero-order valence-corrected chi connectivity index (χ0v) is 15.8. The first-order chi connectivity index (χ1) is 12.3. The van der Waals surface area contributed by atoms with Crippen molar-refractivity contribution in [2.75, 3.05) is 13.1 Å². The highest BCUT2D eigenvalue weighted by molar-refractivity contribution is 7.89. The molecule has 6 nitrogen and oxygen atoms in total. The van der Waals surface area contributed by atoms with Gasteiger partial charge in [-0.3, -0.25) is 4.79 Å². The van der Waals surface area contributed by atoms with Crippen LogP contribution in [0.4, 0.5) is 0 Å². The number of aryl methyl sites for hydroxylation is 1. The van der Waals surface area contributed by atoms with Crippen molar-refractivity contribution in [3.63, 3.8) is 0 Å². The number of nitrogens with one attached hydrogen (secondary N) is 2. The van der Waals surface area contributed by atoms with Gasteiger partial charge in [0.05, 0.1) is 4.90 Å². The van der Waals surface area contributed by atoms with E-state index >= 15 is 0 Å². The van der Waals surface area contributed by atoms with Gasteiger partial charge in [0.1, 0.15) is 0 Å². The van der Waals surface area contributed by atoms with E-state index in [4.69, 9.17) is 5.73 Å². The Hall–Kier alpha value is -2.22. The average Bonchev–Trinajstić information content (AvgIpc) is 2.65. The molecule has 0 heterocycles. The number of carbonyl (C=O) groups is 1. The van der Waals surface area contributed by atoms with Gasteiger partial charge in [0.25, 0.3) is 5.91 Å². The third-order valence-electron chi connectivity index (χ3n) is 4.06. The van der Waals surface area contributed by atoms with Crippen molar-refractivity contribution in [3.05, 3.63) is 65.2 Å². The molecule has 0 fully saturated rings. The van der Waals surface area contributed by atoms with Crippen LogP contribution in [0, 0.1) is 12.8 Å². The smallest absolute Gasteiger partial charge is 0.251 e. The summed E-state index contributed by atoms with van der Waals surface area (Å²) in [5.74, 6) is -0.162. The molecule has 140 valence electrons. The monoisotopic (exact) mass is 375 g/mol. The van der Waals surface area contributed by atoms with Crippen molar-refractivity contribution in [2.45, 2.75) is 25.3 Å². The molecule has 0 aliphatic heterocycles. The van der Waals surface area contributed by atoms with Crippen LogP contribution in [-0.4, -0.2) is 27.4 Å². The zero-order valence-electron chi connectivity index (χ0n) is 15.0. The van der Waals surface area contributed by atoms with Crippen molar-refractivity contribution >= 4 is 15.9 Å². The Kier molecular flexibility index (Phi) is 6.90. The number of nitrogens with two attached hydrogens (primary N) is 1. The molecule has 0 spiro atoms. The maximum absolute atomic E-state index is 12.7. The van der Waals surface area contributed by atoms with E-state index in [0.717, 1.165) is 5.56 Å². The summed E-state index contributed by atoms with van der Waals surface area (Å²) in [5, 5.41) is 2.77. The maximum atomic E-state index is 12.7. The molecule has 0 radical (unpaired) electrons. The quantitative estimate of drug-likeness (QED) is 0.655. The molecule has 1 amide bonds. The highest BCUT2D eigenvalue weighted by Crippen LogP contribution is 2.17. The molecule has 0 aromatic heterocycles. The Balaban J connectivity index is 2.16. The van der Waals surface area contributed by atoms with Gasteiger partial charge < -0.3 is 11.1 Å². The van der Waals surface area contributed by atoms with Gasteiger partial charge >= 0.3 is 0 Å². The first-order valence-electron chi connectivity index (χ1n) is 8.46. The molecule has 0 saturated heterocycles. The van der Waals surface area contributed by atoms with E-state index in [9.17, 15) is 13.2 Å². The van der Waals surface area contributed by atoms with Crippen molar-refractivity contribution in [1.82, 2.24) is 10.0 Å². The molecule has 4 N–H and O–H groups in total. The average molecular weight is 375 g/mol. The zero-order chi connectivity index (χ0) is 19.2. The molecule has 0 saturated carbocycles. The Morgan fingerprint density at radius 1 is 1.15 bits per heavy atom. The lowest BCUT2D eigenvalue weighted by Crippen LogP contribution is -2.31. The van der Waals surface area contributed by atoms with Crippen LogP contribution in [0.2, 0.25) is 0 Å². The van der Waals surface area contributed by atoms with E-state index in [1.165, 1.54) is 6.07 Å². The second-order valence-electron chi connectivity index (χ2n) is 6.34. The molecule has 7 heteroatoms. The molecule has 0 bridgehead atoms. The standard InChI is InChI=1S/C19H25N3O3S/c1-14(11-20)12-21-19(23)17-9-8-15(2)18(10-17)26(24,25)22-13-16-6-4-3-5-7-16/h3-10,14,22H,11-13,20H2,1-2H3,(H,21,23). The molecule has 2 rings (SSSR count). The summed E-state index contributed by atoms with van der Waals surface area (Å²) in [5.41, 5.74) is 7.29. The summed E-state index contributed by atoms with van der Waals surface area (Å²) in [7, 11) is -3.73. The lowest BCUT2D eigenvalue weighted by molar-refractivity contribution is 0.0948. The Labute approximate surface area is 154 Å². The number of hydrogen-bond donors (Lipinski definition) is 3. The minimum Gasteiger partial charge on any atom is -0.352 e. The van der Waals surface area contributed by atoms with E-state index < -0.39 is 10.0 Å². The highest BCUT2D eigenvalue weighted by Gasteiger charge is 2.19. The molecule has 0 aliphatic rings. The van der Waals surface area contributed by atoms with Gasteiger partial charge in [0.15, 0.2) is 0 Å². The molecular formula is C19H25N3O3S. The number of rotatable bonds is 8. The molecular weight excluding hydrogens is 350 g/mol. The Morgan fingerprint density at radius 3 is 2.50 bits per heavy atom. The van der Waals surface area contributed by atoms with E-state index in [1.54, 1.807) is 19.1 Å². The first kappa shape index (κ1) is 20.1. The van der Waals surface area contributed by atoms with Crippen LogP contribution in [0.15, 0.2) is 53.4 Å². The molecule has 0 aliphatic carbocycles. The molecule has 2 aromatic rings. The summed E-state index contributed by atoms with van der Waals surface area (Å²) in [6.07, 6.45) is 0. The van der Waals surface area contributed by atoms with Crippen LogP contribution < -0.4 is 15.8 Å². The van der Waals surface area contributed by atoms with Gasteiger partial charge in [-0.05, 0) is 42.6 Å². The van der Waals surface area contributed by atoms with Crippen LogP contribution >= 0.6 is 0 Å². The summed E-state index contributed by atoms with van der Waals surface area (Å²) < 4.78 is 27.9. The van der Waals surface area contributed by atoms with Gasteiger partial charge in [-0.1, -0.05) is 43.3 Å². The fourth-order valence-electron chi connectivity index (χ4n) is 2.34. The lowest BCUT2D eigenvalue weighted by Gasteiger charge is -2.13. The van der Waals surface area contributed by atoms with Crippen LogP contribution in [0.25, 0.3) is 0 Å². The van der Waals surface area contributed by atoms with Gasteiger partial charge in [0, 0.05) is 18.7 Å². The van der Waals surface area contributed by atoms with Crippen molar-refractivity contribution in [3.8, 4) is 0 Å². The minimum atomic E-state index is -3.73. The van der Waals surface area contributed by atoms with Gasteiger partial charge in [-0.25, -0.2) is 13.1 Å². The van der Waals surface area contributed by atoms with Gasteiger partial charge in [-0.2, -0.15) is 0 Å². The third-order valence-corrected chi connectivity index (χ3v) is 5.61. The van der Waals surface area contributed by atoms with Crippen LogP contribution in [0.3, 0.4) is 0 Å². The summed E-state index contributed by atoms with van der Waals surface area (Å²) in [6, 6.07) is 13.9. The maximum Gasteiger partial charge on any atom is 0.251 e. The van der Waals surface area contributed by atoms with E-state index in [-0.39, 0.29) is 23.3 Å². The number of sulfonamides is 1. The summed E-state index contributed by atoms with van der Waals surface area (Å²) >= 11 is 0. The predicted molar refractivity (Wildman–Crippen MR) is 102 cm³/mol. The number of hydrogen-bond acceptors (Lipinski definition) is 4. The van der Waals surface area contributed by atoms with Gasteiger partial charge in [-0.15, -0.1) is 0 Å². The van der Waals surface area contributed by atoms with E-state index in [1.807, 2.05) is 37.3 Å². The topological polar surface area (TPSA) is 101 Å². The Morgan fingerprint density at radius 2 is 1.85 bits per heavy atom. The molecule has 2 aromatic carbocycles. The van der Waals surface area contributed by atoms with E-state index in [0.29, 0.717) is 24.2 Å². The van der Waals surface area contributed by atoms with Crippen molar-refractivity contribution in [1.29, 1.82) is 0 Å². The Bertz CT molecular complexity index is 852. The van der Waals surface area contributed by atoms with E-state index in [2.05, 4.69) is 10.0 Å². The minimum absolute atomic E-state index is 0.105. The predicted octanol–water partition coefficient (Wildman–Crippen LogP) is 1.80. The number of carbonyl (C=O) groups excluding carboxylic acids is 1. The number of benzene rings is 2. The van der Waals surface area contributed by atoms with Crippen molar-refractivity contribution < 1.29 is 13.2 Å². The summed E-state index contributed by atoms with van der Waals surface area (Å²) in [6.45, 7) is 4.73. The molecule has 26 heavy (non-hydrogen) atoms.